The lowest BCUT2D eigenvalue weighted by molar-refractivity contribution is -0.143. The van der Waals surface area contributed by atoms with Crippen LogP contribution in [0.2, 0.25) is 0 Å². The standard InChI is InChI=1S/C70H123IN12O27/c1-49(84)64(65(72)95)82-66(96)50(83-71)20-16-17-32-75-56(86)28-24-52(68(99)100)79-60(90)46-108-44-41-106-38-35-77-58(88)30-26-54(70(103)104)81-62(92)48-110-45-42-107-39-36-78-59(89)29-25-53(69(101)102)80-61(91)47-109-43-40-105-37-34-76-57(87)27-23-51(67(97)98)73-31-18-19-33-74-55(85)21-14-12-10-8-6-4-2-3-5-7-9-11-13-15-22-63(93)94/h49-54,64,73,83-84H,2-48H2,1H3,(H2,72,95)(H,74,85)(H,75,86)(H,76,87)(H,77,88)(H,78,89)(H,79,90)(H,80,91)(H,81,92)(H,82,96)(H,93,94)(H,97,98)(H,99,100)(H,101,102)(H,103,104)/t49-,50+,51+,52+,53+,54+,64?/m1/s1. The van der Waals surface area contributed by atoms with Crippen LogP contribution in [0, 0.1) is 0 Å². The first kappa shape index (κ1) is 102. The Bertz CT molecular complexity index is 2690. The maximum absolute atomic E-state index is 12.5. The summed E-state index contributed by atoms with van der Waals surface area (Å²) in [5, 5.41) is 82.2. The molecule has 10 amide bonds. The molecule has 0 rings (SSSR count). The molecule has 0 aromatic carbocycles. The molecule has 7 atom stereocenters. The number of carboxylic acids is 5. The Morgan fingerprint density at radius 3 is 0.945 bits per heavy atom. The lowest BCUT2D eigenvalue weighted by Crippen LogP contribution is -2.54. The van der Waals surface area contributed by atoms with Gasteiger partial charge in [0.1, 0.15) is 50.0 Å². The summed E-state index contributed by atoms with van der Waals surface area (Å²) < 4.78 is 34.6. The molecule has 0 spiro atoms. The Morgan fingerprint density at radius 2 is 0.618 bits per heavy atom. The van der Waals surface area contributed by atoms with Gasteiger partial charge >= 0.3 is 29.8 Å². The molecule has 0 aliphatic rings. The zero-order valence-corrected chi connectivity index (χ0v) is 65.6. The van der Waals surface area contributed by atoms with E-state index in [0.29, 0.717) is 51.6 Å². The molecule has 632 valence electrons. The Balaban J connectivity index is 4.07. The van der Waals surface area contributed by atoms with Crippen molar-refractivity contribution in [2.45, 2.75) is 235 Å². The molecule has 0 bridgehead atoms. The van der Waals surface area contributed by atoms with Gasteiger partial charge in [0, 0.05) is 94.1 Å². The Hall–Kier alpha value is -7.58. The van der Waals surface area contributed by atoms with Crippen LogP contribution in [0.4, 0.5) is 0 Å². The summed E-state index contributed by atoms with van der Waals surface area (Å²) >= 11 is 1.78. The molecule has 0 saturated heterocycles. The average Bonchev–Trinajstić information content (AvgIpc) is 0.912. The Labute approximate surface area is 656 Å². The molecule has 0 aliphatic heterocycles. The molecule has 40 heteroatoms. The van der Waals surface area contributed by atoms with Crippen LogP contribution in [-0.4, -0.2) is 280 Å². The molecular formula is C70H123IN12O27. The van der Waals surface area contributed by atoms with Crippen molar-refractivity contribution in [2.75, 3.05) is 119 Å². The van der Waals surface area contributed by atoms with Crippen LogP contribution in [0.5, 0.6) is 0 Å². The zero-order chi connectivity index (χ0) is 82.0. The number of nitrogens with two attached hydrogens (primary N) is 1. The Morgan fingerprint density at radius 1 is 0.318 bits per heavy atom. The highest BCUT2D eigenvalue weighted by Gasteiger charge is 2.28. The number of primary amides is 1. The normalized spacial score (nSPS) is 13.0. The first-order valence-electron chi connectivity index (χ1n) is 37.8. The lowest BCUT2D eigenvalue weighted by Gasteiger charge is -2.21. The number of rotatable bonds is 76. The minimum Gasteiger partial charge on any atom is -0.481 e. The number of carbonyl (C=O) groups excluding carboxylic acids is 10. The number of hydrogen-bond acceptors (Lipinski definition) is 24. The highest BCUT2D eigenvalue weighted by molar-refractivity contribution is 14.1. The van der Waals surface area contributed by atoms with Gasteiger partial charge in [-0.3, -0.25) is 57.5 Å². The number of ether oxygens (including phenoxy) is 6. The maximum Gasteiger partial charge on any atom is 0.326 e. The van der Waals surface area contributed by atoms with Crippen molar-refractivity contribution in [3.05, 3.63) is 0 Å². The van der Waals surface area contributed by atoms with Crippen LogP contribution >= 0.6 is 22.9 Å². The van der Waals surface area contributed by atoms with E-state index < -0.39 is 139 Å². The maximum atomic E-state index is 12.5. The smallest absolute Gasteiger partial charge is 0.326 e. The van der Waals surface area contributed by atoms with E-state index in [1.165, 1.54) is 58.3 Å². The van der Waals surface area contributed by atoms with Crippen molar-refractivity contribution in [1.82, 2.24) is 56.7 Å². The van der Waals surface area contributed by atoms with E-state index >= 15 is 0 Å². The molecule has 0 heterocycles. The number of aliphatic carboxylic acids is 5. The van der Waals surface area contributed by atoms with Crippen LogP contribution < -0.4 is 62.4 Å². The fourth-order valence-corrected chi connectivity index (χ4v) is 10.9. The number of halogens is 1. The second-order valence-electron chi connectivity index (χ2n) is 26.0. The molecule has 19 N–H and O–H groups in total. The van der Waals surface area contributed by atoms with Crippen LogP contribution in [0.3, 0.4) is 0 Å². The van der Waals surface area contributed by atoms with E-state index in [4.69, 9.17) is 39.3 Å². The molecular weight excluding hydrogens is 1570 g/mol. The van der Waals surface area contributed by atoms with Crippen molar-refractivity contribution in [3.8, 4) is 0 Å². The van der Waals surface area contributed by atoms with E-state index in [1.54, 1.807) is 22.9 Å². The quantitative estimate of drug-likeness (QED) is 0.0207. The largest absolute Gasteiger partial charge is 0.481 e. The van der Waals surface area contributed by atoms with Crippen LogP contribution in [-0.2, 0) is 100 Å². The van der Waals surface area contributed by atoms with E-state index in [9.17, 15) is 97.5 Å². The zero-order valence-electron chi connectivity index (χ0n) is 63.5. The van der Waals surface area contributed by atoms with Gasteiger partial charge in [-0.2, -0.15) is 0 Å². The van der Waals surface area contributed by atoms with Crippen molar-refractivity contribution in [2.24, 2.45) is 5.73 Å². The van der Waals surface area contributed by atoms with E-state index in [0.717, 1.165) is 38.5 Å². The van der Waals surface area contributed by atoms with Gasteiger partial charge in [-0.05, 0) is 84.1 Å². The summed E-state index contributed by atoms with van der Waals surface area (Å²) in [4.78, 5) is 180. The van der Waals surface area contributed by atoms with E-state index in [1.807, 2.05) is 0 Å². The monoisotopic (exact) mass is 1690 g/mol. The van der Waals surface area contributed by atoms with Gasteiger partial charge in [-0.25, -0.2) is 17.9 Å². The summed E-state index contributed by atoms with van der Waals surface area (Å²) in [6, 6.07) is -7.12. The van der Waals surface area contributed by atoms with Gasteiger partial charge in [-0.15, -0.1) is 0 Å². The number of hydrogen-bond donors (Lipinski definition) is 18. The second kappa shape index (κ2) is 68.2. The average molecular weight is 1690 g/mol. The fraction of sp³-hybridized carbons (Fsp3) is 0.786. The second-order valence-corrected chi connectivity index (χ2v) is 26.6. The highest BCUT2D eigenvalue weighted by atomic mass is 127. The van der Waals surface area contributed by atoms with Gasteiger partial charge in [0.25, 0.3) is 0 Å². The molecule has 1 unspecified atom stereocenters. The molecule has 0 aliphatic carbocycles. The molecule has 0 aromatic rings. The van der Waals surface area contributed by atoms with Gasteiger partial charge < -0.3 is 118 Å². The third-order valence-electron chi connectivity index (χ3n) is 16.5. The van der Waals surface area contributed by atoms with Crippen molar-refractivity contribution in [3.63, 3.8) is 0 Å². The number of amides is 10. The third-order valence-corrected chi connectivity index (χ3v) is 17.2. The van der Waals surface area contributed by atoms with Gasteiger partial charge in [0.15, 0.2) is 0 Å². The number of aliphatic hydroxyl groups excluding tert-OH is 1. The van der Waals surface area contributed by atoms with Gasteiger partial charge in [0.05, 0.1) is 71.6 Å². The Kier molecular flexibility index (Phi) is 63.5. The lowest BCUT2D eigenvalue weighted by atomic mass is 10.0. The topological polar surface area (TPSA) is 591 Å². The summed E-state index contributed by atoms with van der Waals surface area (Å²) in [5.41, 5.74) is 5.22. The van der Waals surface area contributed by atoms with Gasteiger partial charge in [-0.1, -0.05) is 77.0 Å². The minimum absolute atomic E-state index is 0.00776. The summed E-state index contributed by atoms with van der Waals surface area (Å²) in [6.45, 7) is 0.921. The number of nitrogens with one attached hydrogen (secondary N) is 11. The SMILES string of the molecule is C[C@@H](O)C(NC(=O)[C@H](CCCCNC(=O)CC[C@H](NC(=O)COCCOCCNC(=O)CC[C@H](NC(=O)COCCOCCNC(=O)CC[C@H](NC(=O)COCCOCCNC(=O)CC[C@H](NCCCCNC(=O)CCCCCCCCCCCCCCCCC(=O)O)C(=O)O)C(=O)O)C(=O)O)C(=O)O)NI)C(N)=O. The molecule has 39 nitrogen and oxygen atoms in total. The first-order chi connectivity index (χ1) is 52.7. The first-order valence-corrected chi connectivity index (χ1v) is 38.9. The summed E-state index contributed by atoms with van der Waals surface area (Å²) in [7, 11) is 0. The predicted octanol–water partition coefficient (Wildman–Crippen LogP) is -0.525. The van der Waals surface area contributed by atoms with E-state index in [2.05, 4.69) is 56.7 Å². The van der Waals surface area contributed by atoms with Crippen molar-refractivity contribution >= 4 is 112 Å². The molecule has 0 fully saturated rings. The molecule has 0 saturated carbocycles. The molecule has 110 heavy (non-hydrogen) atoms. The summed E-state index contributed by atoms with van der Waals surface area (Å²) in [6.07, 6.45) is 16.2. The van der Waals surface area contributed by atoms with Crippen LogP contribution in [0.25, 0.3) is 0 Å². The number of unbranched alkanes of at least 4 members (excludes halogenated alkanes) is 15. The summed E-state index contributed by atoms with van der Waals surface area (Å²) in [5.74, 6) is -11.6. The van der Waals surface area contributed by atoms with Gasteiger partial charge in [0.2, 0.25) is 59.1 Å². The number of carbonyl (C=O) groups is 15. The molecule has 0 aromatic heterocycles. The third kappa shape index (κ3) is 61.1. The van der Waals surface area contributed by atoms with E-state index in [-0.39, 0.29) is 155 Å². The predicted molar refractivity (Wildman–Crippen MR) is 403 cm³/mol. The van der Waals surface area contributed by atoms with Crippen LogP contribution in [0.15, 0.2) is 0 Å². The van der Waals surface area contributed by atoms with Crippen LogP contribution in [0.1, 0.15) is 193 Å². The molecule has 0 radical (unpaired) electrons. The fourth-order valence-electron chi connectivity index (χ4n) is 10.3. The van der Waals surface area contributed by atoms with Crippen molar-refractivity contribution in [1.29, 1.82) is 0 Å². The minimum atomic E-state index is -1.42. The van der Waals surface area contributed by atoms with Crippen molar-refractivity contribution < 1.29 is 131 Å². The number of aliphatic hydroxyl groups is 1. The number of carboxylic acid groups (broad SMARTS) is 5. The highest BCUT2D eigenvalue weighted by Crippen LogP contribution is 2.15.